The lowest BCUT2D eigenvalue weighted by Gasteiger charge is -2.36. The van der Waals surface area contributed by atoms with Gasteiger partial charge < -0.3 is 0 Å². The number of benzene rings is 7. The zero-order valence-electron chi connectivity index (χ0n) is 30.1. The number of hydrogen-bond donors (Lipinski definition) is 0. The SMILES string of the molecule is c1ccc(-c2nc(-c3ccccc3)nc(-c3cccc(-c4ccc(-c5ccc(-c6cccc7c6-c6ccccc6C76CCCCC6)cc5)cc4)c3)n2)cc1. The summed E-state index contributed by atoms with van der Waals surface area (Å²) in [5.74, 6) is 1.98. The summed E-state index contributed by atoms with van der Waals surface area (Å²) < 4.78 is 0. The fraction of sp³-hybridized carbons (Fsp3) is 0.118. The Labute approximate surface area is 317 Å². The van der Waals surface area contributed by atoms with Crippen LogP contribution < -0.4 is 0 Å². The predicted molar refractivity (Wildman–Crippen MR) is 222 cm³/mol. The van der Waals surface area contributed by atoms with Gasteiger partial charge in [0.2, 0.25) is 0 Å². The molecule has 0 atom stereocenters. The van der Waals surface area contributed by atoms with Gasteiger partial charge in [-0.1, -0.05) is 189 Å². The molecule has 0 aliphatic heterocycles. The van der Waals surface area contributed by atoms with Crippen LogP contribution in [0.5, 0.6) is 0 Å². The van der Waals surface area contributed by atoms with E-state index in [0.717, 1.165) is 27.8 Å². The van der Waals surface area contributed by atoms with Crippen molar-refractivity contribution in [1.29, 1.82) is 0 Å². The van der Waals surface area contributed by atoms with E-state index in [4.69, 9.17) is 15.0 Å². The van der Waals surface area contributed by atoms with Crippen molar-refractivity contribution in [1.82, 2.24) is 15.0 Å². The Morgan fingerprint density at radius 2 is 0.759 bits per heavy atom. The van der Waals surface area contributed by atoms with E-state index in [-0.39, 0.29) is 5.41 Å². The van der Waals surface area contributed by atoms with E-state index in [1.165, 1.54) is 76.6 Å². The highest BCUT2D eigenvalue weighted by molar-refractivity contribution is 5.93. The quantitative estimate of drug-likeness (QED) is 0.174. The van der Waals surface area contributed by atoms with Gasteiger partial charge in [0.1, 0.15) is 0 Å². The van der Waals surface area contributed by atoms with Crippen molar-refractivity contribution in [2.45, 2.75) is 37.5 Å². The molecule has 3 heteroatoms. The minimum absolute atomic E-state index is 0.170. The van der Waals surface area contributed by atoms with Crippen molar-refractivity contribution in [3.8, 4) is 78.7 Å². The van der Waals surface area contributed by atoms with E-state index in [9.17, 15) is 0 Å². The highest BCUT2D eigenvalue weighted by Gasteiger charge is 2.44. The van der Waals surface area contributed by atoms with Crippen LogP contribution in [0, 0.1) is 0 Å². The average molecular weight is 694 g/mol. The van der Waals surface area contributed by atoms with Gasteiger partial charge >= 0.3 is 0 Å². The van der Waals surface area contributed by atoms with Crippen LogP contribution in [0.3, 0.4) is 0 Å². The zero-order valence-corrected chi connectivity index (χ0v) is 30.1. The summed E-state index contributed by atoms with van der Waals surface area (Å²) in [6, 6.07) is 62.9. The van der Waals surface area contributed by atoms with Crippen LogP contribution in [-0.4, -0.2) is 15.0 Å². The first-order valence-corrected chi connectivity index (χ1v) is 19.2. The van der Waals surface area contributed by atoms with Gasteiger partial charge in [0.05, 0.1) is 0 Å². The molecule has 1 aromatic heterocycles. The van der Waals surface area contributed by atoms with Gasteiger partial charge in [0, 0.05) is 22.1 Å². The molecule has 1 fully saturated rings. The molecule has 10 rings (SSSR count). The van der Waals surface area contributed by atoms with Crippen LogP contribution in [0.1, 0.15) is 43.2 Å². The number of aromatic nitrogens is 3. The lowest BCUT2D eigenvalue weighted by Crippen LogP contribution is -2.27. The summed E-state index contributed by atoms with van der Waals surface area (Å²) >= 11 is 0. The second kappa shape index (κ2) is 13.5. The van der Waals surface area contributed by atoms with E-state index in [0.29, 0.717) is 17.5 Å². The standard InChI is InChI=1S/C51H39N3/c1-4-14-39(15-5-1)48-52-49(40-16-6-2-7-17-40)54-50(53-48)42-19-12-18-41(34-42)37-26-24-35(25-27-37)36-28-30-38(31-29-36)43-21-13-23-46-47(43)44-20-8-9-22-45(44)51(46)32-10-3-11-33-51/h1-2,4-9,12-31,34H,3,10-11,32-33H2. The van der Waals surface area contributed by atoms with Crippen LogP contribution in [-0.2, 0) is 5.41 Å². The Morgan fingerprint density at radius 3 is 1.39 bits per heavy atom. The summed E-state index contributed by atoms with van der Waals surface area (Å²) in [7, 11) is 0. The van der Waals surface area contributed by atoms with Crippen LogP contribution in [0.4, 0.5) is 0 Å². The third-order valence-electron chi connectivity index (χ3n) is 11.6. The molecule has 1 spiro atoms. The molecular formula is C51H39N3. The Balaban J connectivity index is 0.945. The number of fused-ring (bicyclic) bond motifs is 5. The molecule has 0 saturated heterocycles. The highest BCUT2D eigenvalue weighted by Crippen LogP contribution is 2.57. The maximum absolute atomic E-state index is 4.95. The monoisotopic (exact) mass is 693 g/mol. The molecule has 0 amide bonds. The predicted octanol–water partition coefficient (Wildman–Crippen LogP) is 13.1. The zero-order chi connectivity index (χ0) is 35.9. The van der Waals surface area contributed by atoms with Gasteiger partial charge in [-0.3, -0.25) is 0 Å². The maximum Gasteiger partial charge on any atom is 0.164 e. The van der Waals surface area contributed by atoms with Crippen molar-refractivity contribution < 1.29 is 0 Å². The second-order valence-electron chi connectivity index (χ2n) is 14.7. The van der Waals surface area contributed by atoms with Crippen molar-refractivity contribution in [2.75, 3.05) is 0 Å². The fourth-order valence-corrected chi connectivity index (χ4v) is 8.91. The summed E-state index contributed by atoms with van der Waals surface area (Å²) in [5, 5.41) is 0. The molecule has 0 bridgehead atoms. The number of rotatable bonds is 6. The van der Waals surface area contributed by atoms with Crippen LogP contribution >= 0.6 is 0 Å². The second-order valence-corrected chi connectivity index (χ2v) is 14.7. The normalized spacial score (nSPS) is 14.1. The van der Waals surface area contributed by atoms with E-state index >= 15 is 0 Å². The lowest BCUT2D eigenvalue weighted by atomic mass is 9.68. The summed E-state index contributed by atoms with van der Waals surface area (Å²) in [5.41, 5.74) is 16.3. The first kappa shape index (κ1) is 32.2. The molecule has 3 nitrogen and oxygen atoms in total. The van der Waals surface area contributed by atoms with Crippen molar-refractivity contribution in [2.24, 2.45) is 0 Å². The van der Waals surface area contributed by atoms with Crippen LogP contribution in [0.15, 0.2) is 176 Å². The van der Waals surface area contributed by atoms with Crippen molar-refractivity contribution >= 4 is 0 Å². The van der Waals surface area contributed by atoms with Gasteiger partial charge in [0.25, 0.3) is 0 Å². The molecule has 8 aromatic rings. The summed E-state index contributed by atoms with van der Waals surface area (Å²) in [4.78, 5) is 14.8. The largest absolute Gasteiger partial charge is 0.208 e. The topological polar surface area (TPSA) is 38.7 Å². The molecular weight excluding hydrogens is 655 g/mol. The number of nitrogens with zero attached hydrogens (tertiary/aromatic N) is 3. The maximum atomic E-state index is 4.95. The Hall–Kier alpha value is -6.45. The number of hydrogen-bond acceptors (Lipinski definition) is 3. The highest BCUT2D eigenvalue weighted by atomic mass is 15.0. The first-order chi connectivity index (χ1) is 26.7. The molecule has 7 aromatic carbocycles. The van der Waals surface area contributed by atoms with Gasteiger partial charge in [-0.25, -0.2) is 15.0 Å². The van der Waals surface area contributed by atoms with Crippen molar-refractivity contribution in [3.63, 3.8) is 0 Å². The first-order valence-electron chi connectivity index (χ1n) is 19.2. The van der Waals surface area contributed by atoms with Crippen molar-refractivity contribution in [3.05, 3.63) is 187 Å². The third-order valence-corrected chi connectivity index (χ3v) is 11.6. The van der Waals surface area contributed by atoms with Gasteiger partial charge in [-0.15, -0.1) is 0 Å². The summed E-state index contributed by atoms with van der Waals surface area (Å²) in [6.45, 7) is 0. The Kier molecular flexibility index (Phi) is 8.06. The van der Waals surface area contributed by atoms with Gasteiger partial charge in [-0.05, 0) is 74.5 Å². The minimum atomic E-state index is 0.170. The van der Waals surface area contributed by atoms with E-state index in [1.807, 2.05) is 60.7 Å². The minimum Gasteiger partial charge on any atom is -0.208 e. The molecule has 1 saturated carbocycles. The van der Waals surface area contributed by atoms with E-state index in [1.54, 1.807) is 0 Å². The molecule has 2 aliphatic rings. The van der Waals surface area contributed by atoms with Crippen LogP contribution in [0.25, 0.3) is 78.7 Å². The molecule has 2 aliphatic carbocycles. The molecule has 54 heavy (non-hydrogen) atoms. The van der Waals surface area contributed by atoms with Gasteiger partial charge in [-0.2, -0.15) is 0 Å². The lowest BCUT2D eigenvalue weighted by molar-refractivity contribution is 0.353. The fourth-order valence-electron chi connectivity index (χ4n) is 8.91. The Morgan fingerprint density at radius 1 is 0.315 bits per heavy atom. The Bertz CT molecular complexity index is 2550. The molecule has 1 heterocycles. The molecule has 0 unspecified atom stereocenters. The molecule has 0 N–H and O–H groups in total. The third kappa shape index (κ3) is 5.64. The van der Waals surface area contributed by atoms with Crippen LogP contribution in [0.2, 0.25) is 0 Å². The smallest absolute Gasteiger partial charge is 0.164 e. The average Bonchev–Trinajstić information content (AvgIpc) is 3.53. The van der Waals surface area contributed by atoms with Gasteiger partial charge in [0.15, 0.2) is 17.5 Å². The molecule has 258 valence electrons. The molecule has 0 radical (unpaired) electrons. The summed E-state index contributed by atoms with van der Waals surface area (Å²) in [6.07, 6.45) is 6.46. The van der Waals surface area contributed by atoms with E-state index < -0.39 is 0 Å². The van der Waals surface area contributed by atoms with E-state index in [2.05, 4.69) is 115 Å².